The number of oxazole rings is 1. The van der Waals surface area contributed by atoms with E-state index in [2.05, 4.69) is 15.6 Å². The molecular formula is C22H16N4O4S. The molecule has 0 fully saturated rings. The summed E-state index contributed by atoms with van der Waals surface area (Å²) in [5.74, 6) is -0.164. The third kappa shape index (κ3) is 4.41. The first-order chi connectivity index (χ1) is 14.9. The molecule has 8 nitrogen and oxygen atoms in total. The third-order valence-corrected chi connectivity index (χ3v) is 4.71. The molecule has 1 aromatic heterocycles. The predicted molar refractivity (Wildman–Crippen MR) is 121 cm³/mol. The first-order valence-corrected chi connectivity index (χ1v) is 9.65. The number of para-hydroxylation sites is 1. The quantitative estimate of drug-likeness (QED) is 0.270. The number of amides is 1. The van der Waals surface area contributed by atoms with Gasteiger partial charge >= 0.3 is 0 Å². The second-order valence-electron chi connectivity index (χ2n) is 6.75. The number of rotatable bonds is 4. The number of nitro benzene ring substituents is 1. The zero-order valence-corrected chi connectivity index (χ0v) is 17.1. The molecule has 2 N–H and O–H groups in total. The van der Waals surface area contributed by atoms with Crippen LogP contribution in [0.5, 0.6) is 0 Å². The van der Waals surface area contributed by atoms with E-state index < -0.39 is 10.8 Å². The number of aromatic nitrogens is 1. The van der Waals surface area contributed by atoms with Crippen LogP contribution in [0.3, 0.4) is 0 Å². The Morgan fingerprint density at radius 1 is 1.10 bits per heavy atom. The number of carbonyl (C=O) groups excluding carboxylic acids is 1. The number of nitrogens with one attached hydrogen (secondary N) is 2. The molecule has 0 saturated heterocycles. The highest BCUT2D eigenvalue weighted by atomic mass is 32.1. The Kier molecular flexibility index (Phi) is 5.42. The average molecular weight is 432 g/mol. The fraction of sp³-hybridized carbons (Fsp3) is 0.0455. The summed E-state index contributed by atoms with van der Waals surface area (Å²) in [4.78, 5) is 27.3. The first kappa shape index (κ1) is 20.2. The molecule has 1 amide bonds. The van der Waals surface area contributed by atoms with Gasteiger partial charge in [0.25, 0.3) is 11.6 Å². The smallest absolute Gasteiger partial charge is 0.282 e. The number of fused-ring (bicyclic) bond motifs is 1. The van der Waals surface area contributed by atoms with Crippen LogP contribution in [-0.4, -0.2) is 20.9 Å². The number of anilines is 1. The lowest BCUT2D eigenvalue weighted by Gasteiger charge is -2.10. The number of hydrogen-bond acceptors (Lipinski definition) is 6. The molecule has 0 unspecified atom stereocenters. The number of benzene rings is 3. The summed E-state index contributed by atoms with van der Waals surface area (Å²) >= 11 is 5.16. The van der Waals surface area contributed by atoms with Crippen molar-refractivity contribution in [3.63, 3.8) is 0 Å². The topological polar surface area (TPSA) is 110 Å². The zero-order valence-electron chi connectivity index (χ0n) is 16.3. The summed E-state index contributed by atoms with van der Waals surface area (Å²) in [7, 11) is 0. The number of carbonyl (C=O) groups is 1. The van der Waals surface area contributed by atoms with E-state index in [-0.39, 0.29) is 16.4 Å². The molecule has 31 heavy (non-hydrogen) atoms. The molecule has 0 saturated carbocycles. The Hall–Kier alpha value is -4.11. The maximum Gasteiger partial charge on any atom is 0.282 e. The molecule has 0 radical (unpaired) electrons. The van der Waals surface area contributed by atoms with Gasteiger partial charge in [0.05, 0.1) is 4.92 Å². The second-order valence-corrected chi connectivity index (χ2v) is 7.16. The van der Waals surface area contributed by atoms with Crippen LogP contribution in [0.1, 0.15) is 15.9 Å². The Labute approximate surface area is 182 Å². The van der Waals surface area contributed by atoms with Crippen molar-refractivity contribution in [2.24, 2.45) is 0 Å². The first-order valence-electron chi connectivity index (χ1n) is 9.24. The summed E-state index contributed by atoms with van der Waals surface area (Å²) < 4.78 is 5.79. The van der Waals surface area contributed by atoms with Gasteiger partial charge in [-0.05, 0) is 67.2 Å². The van der Waals surface area contributed by atoms with Crippen LogP contribution < -0.4 is 10.6 Å². The van der Waals surface area contributed by atoms with Crippen molar-refractivity contribution in [2.75, 3.05) is 5.32 Å². The van der Waals surface area contributed by atoms with E-state index in [1.807, 2.05) is 37.3 Å². The molecule has 1 heterocycles. The summed E-state index contributed by atoms with van der Waals surface area (Å²) in [5.41, 5.74) is 3.65. The third-order valence-electron chi connectivity index (χ3n) is 4.51. The molecule has 154 valence electrons. The summed E-state index contributed by atoms with van der Waals surface area (Å²) in [6.07, 6.45) is 0. The van der Waals surface area contributed by atoms with Crippen LogP contribution in [0.25, 0.3) is 22.6 Å². The number of thiocarbonyl (C=S) groups is 1. The van der Waals surface area contributed by atoms with E-state index in [1.165, 1.54) is 18.2 Å². The maximum atomic E-state index is 12.4. The minimum Gasteiger partial charge on any atom is -0.436 e. The molecule has 0 atom stereocenters. The SMILES string of the molecule is Cc1ccc2oc(-c3ccc(NC(=S)NC(=O)c4ccccc4[N+](=O)[O-])cc3)nc2c1. The normalized spacial score (nSPS) is 10.6. The molecule has 4 aromatic rings. The van der Waals surface area contributed by atoms with E-state index >= 15 is 0 Å². The Balaban J connectivity index is 1.44. The standard InChI is InChI=1S/C22H16N4O4S/c1-13-6-11-19-17(12-13)24-21(30-19)14-7-9-15(10-8-14)23-22(31)25-20(27)16-4-2-3-5-18(16)26(28)29/h2-12H,1H3,(H2,23,25,27,31). The van der Waals surface area contributed by atoms with Crippen LogP contribution in [-0.2, 0) is 0 Å². The van der Waals surface area contributed by atoms with Crippen molar-refractivity contribution in [2.45, 2.75) is 6.92 Å². The number of hydrogen-bond donors (Lipinski definition) is 2. The maximum absolute atomic E-state index is 12.4. The van der Waals surface area contributed by atoms with Crippen molar-refractivity contribution in [1.29, 1.82) is 0 Å². The average Bonchev–Trinajstić information content (AvgIpc) is 3.17. The lowest BCUT2D eigenvalue weighted by atomic mass is 10.1. The lowest BCUT2D eigenvalue weighted by Crippen LogP contribution is -2.34. The van der Waals surface area contributed by atoms with E-state index in [9.17, 15) is 14.9 Å². The van der Waals surface area contributed by atoms with Crippen LogP contribution in [0.4, 0.5) is 11.4 Å². The van der Waals surface area contributed by atoms with Gasteiger partial charge in [-0.3, -0.25) is 20.2 Å². The van der Waals surface area contributed by atoms with Crippen LogP contribution in [0, 0.1) is 17.0 Å². The van der Waals surface area contributed by atoms with Crippen molar-refractivity contribution in [3.8, 4) is 11.5 Å². The van der Waals surface area contributed by atoms with Gasteiger partial charge in [0.1, 0.15) is 11.1 Å². The molecule has 9 heteroatoms. The lowest BCUT2D eigenvalue weighted by molar-refractivity contribution is -0.385. The van der Waals surface area contributed by atoms with Gasteiger partial charge in [-0.15, -0.1) is 0 Å². The molecule has 4 rings (SSSR count). The van der Waals surface area contributed by atoms with E-state index in [4.69, 9.17) is 16.6 Å². The van der Waals surface area contributed by atoms with Crippen molar-refractivity contribution in [3.05, 3.63) is 88.0 Å². The largest absolute Gasteiger partial charge is 0.436 e. The minimum absolute atomic E-state index is 0.0215. The van der Waals surface area contributed by atoms with Crippen LogP contribution in [0.15, 0.2) is 71.1 Å². The fourth-order valence-electron chi connectivity index (χ4n) is 3.01. The van der Waals surface area contributed by atoms with Crippen molar-refractivity contribution in [1.82, 2.24) is 10.3 Å². The number of aryl methyl sites for hydroxylation is 1. The Morgan fingerprint density at radius 2 is 1.84 bits per heavy atom. The number of nitrogens with zero attached hydrogens (tertiary/aromatic N) is 2. The minimum atomic E-state index is -0.664. The molecule has 0 spiro atoms. The Bertz CT molecular complexity index is 1310. The number of nitro groups is 1. The summed E-state index contributed by atoms with van der Waals surface area (Å²) in [6, 6.07) is 18.6. The van der Waals surface area contributed by atoms with Gasteiger partial charge in [0, 0.05) is 17.3 Å². The van der Waals surface area contributed by atoms with Gasteiger partial charge in [-0.25, -0.2) is 4.98 Å². The predicted octanol–water partition coefficient (Wildman–Crippen LogP) is 4.84. The fourth-order valence-corrected chi connectivity index (χ4v) is 3.23. The van der Waals surface area contributed by atoms with Gasteiger partial charge in [0.2, 0.25) is 5.89 Å². The molecular weight excluding hydrogens is 416 g/mol. The van der Waals surface area contributed by atoms with Gasteiger partial charge < -0.3 is 9.73 Å². The zero-order chi connectivity index (χ0) is 22.0. The van der Waals surface area contributed by atoms with Gasteiger partial charge in [-0.1, -0.05) is 18.2 Å². The Morgan fingerprint density at radius 3 is 2.58 bits per heavy atom. The van der Waals surface area contributed by atoms with Crippen LogP contribution in [0.2, 0.25) is 0 Å². The van der Waals surface area contributed by atoms with Gasteiger partial charge in [0.15, 0.2) is 10.7 Å². The van der Waals surface area contributed by atoms with E-state index in [0.717, 1.165) is 16.6 Å². The van der Waals surface area contributed by atoms with E-state index in [0.29, 0.717) is 17.2 Å². The van der Waals surface area contributed by atoms with Crippen molar-refractivity contribution < 1.29 is 14.1 Å². The summed E-state index contributed by atoms with van der Waals surface area (Å²) in [6.45, 7) is 1.99. The highest BCUT2D eigenvalue weighted by Crippen LogP contribution is 2.26. The van der Waals surface area contributed by atoms with Crippen LogP contribution >= 0.6 is 12.2 Å². The van der Waals surface area contributed by atoms with E-state index in [1.54, 1.807) is 18.2 Å². The van der Waals surface area contributed by atoms with Crippen molar-refractivity contribution >= 4 is 45.7 Å². The molecule has 0 aliphatic rings. The molecule has 0 bridgehead atoms. The van der Waals surface area contributed by atoms with Gasteiger partial charge in [-0.2, -0.15) is 0 Å². The second kappa shape index (κ2) is 8.33. The highest BCUT2D eigenvalue weighted by Gasteiger charge is 2.20. The summed E-state index contributed by atoms with van der Waals surface area (Å²) in [5, 5.41) is 16.4. The highest BCUT2D eigenvalue weighted by molar-refractivity contribution is 7.80. The molecule has 0 aliphatic heterocycles. The monoisotopic (exact) mass is 432 g/mol. The molecule has 3 aromatic carbocycles. The molecule has 0 aliphatic carbocycles.